The maximum atomic E-state index is 11.1. The van der Waals surface area contributed by atoms with Crippen molar-refractivity contribution in [2.75, 3.05) is 5.73 Å². The number of hydrogen-bond acceptors (Lipinski definition) is 3. The number of anilines is 1. The Kier molecular flexibility index (Phi) is 2.49. The average molecular weight is 180 g/mol. The molecule has 0 heterocycles. The largest absolute Gasteiger partial charge is 0.465 e. The van der Waals surface area contributed by atoms with E-state index in [0.29, 0.717) is 5.69 Å². The molecule has 0 radical (unpaired) electrons. The molecule has 5 heteroatoms. The first-order valence-electron chi connectivity index (χ1n) is 3.49. The zero-order valence-corrected chi connectivity index (χ0v) is 6.65. The van der Waals surface area contributed by atoms with E-state index in [1.807, 2.05) is 0 Å². The summed E-state index contributed by atoms with van der Waals surface area (Å²) >= 11 is 0. The number of imide groups is 1. The lowest BCUT2D eigenvalue weighted by Crippen LogP contribution is -2.28. The van der Waals surface area contributed by atoms with Crippen molar-refractivity contribution in [3.05, 3.63) is 29.8 Å². The highest BCUT2D eigenvalue weighted by Gasteiger charge is 2.07. The number of carboxylic acid groups (broad SMARTS) is 1. The van der Waals surface area contributed by atoms with Crippen LogP contribution in [-0.4, -0.2) is 17.1 Å². The van der Waals surface area contributed by atoms with E-state index in [0.717, 1.165) is 0 Å². The molecule has 0 aliphatic carbocycles. The third kappa shape index (κ3) is 2.48. The van der Waals surface area contributed by atoms with Gasteiger partial charge in [0.25, 0.3) is 5.91 Å². The van der Waals surface area contributed by atoms with Gasteiger partial charge in [0.05, 0.1) is 0 Å². The van der Waals surface area contributed by atoms with Crippen LogP contribution in [0, 0.1) is 0 Å². The number of carbonyl (C=O) groups is 2. The van der Waals surface area contributed by atoms with E-state index >= 15 is 0 Å². The van der Waals surface area contributed by atoms with Crippen LogP contribution >= 0.6 is 0 Å². The fraction of sp³-hybridized carbons (Fsp3) is 0. The Balaban J connectivity index is 2.83. The summed E-state index contributed by atoms with van der Waals surface area (Å²) in [6, 6.07) is 6.07. The first-order valence-corrected chi connectivity index (χ1v) is 3.49. The lowest BCUT2D eigenvalue weighted by molar-refractivity contribution is 0.0948. The van der Waals surface area contributed by atoms with Gasteiger partial charge < -0.3 is 10.8 Å². The number of nitrogens with two attached hydrogens (primary N) is 1. The van der Waals surface area contributed by atoms with Gasteiger partial charge in [0.2, 0.25) is 0 Å². The summed E-state index contributed by atoms with van der Waals surface area (Å²) in [5.41, 5.74) is 6.04. The van der Waals surface area contributed by atoms with E-state index < -0.39 is 12.0 Å². The Morgan fingerprint density at radius 2 is 2.08 bits per heavy atom. The van der Waals surface area contributed by atoms with Crippen molar-refractivity contribution in [2.24, 2.45) is 0 Å². The minimum Gasteiger partial charge on any atom is -0.465 e. The van der Waals surface area contributed by atoms with E-state index in [9.17, 15) is 9.59 Å². The van der Waals surface area contributed by atoms with Crippen LogP contribution in [0.25, 0.3) is 0 Å². The predicted molar refractivity (Wildman–Crippen MR) is 46.3 cm³/mol. The number of nitrogen functional groups attached to an aromatic ring is 1. The topological polar surface area (TPSA) is 92.4 Å². The standard InChI is InChI=1S/C8H8N2O3/c9-6-3-1-2-5(4-6)7(11)10-8(12)13/h1-4H,9H2,(H,10,11)(H,12,13). The highest BCUT2D eigenvalue weighted by Crippen LogP contribution is 2.05. The van der Waals surface area contributed by atoms with E-state index in [2.05, 4.69) is 0 Å². The van der Waals surface area contributed by atoms with Gasteiger partial charge in [0.15, 0.2) is 0 Å². The molecule has 0 aliphatic heterocycles. The number of benzene rings is 1. The Labute approximate surface area is 74.2 Å². The highest BCUT2D eigenvalue weighted by atomic mass is 16.4. The second-order valence-electron chi connectivity index (χ2n) is 2.38. The van der Waals surface area contributed by atoms with Gasteiger partial charge in [-0.15, -0.1) is 0 Å². The zero-order chi connectivity index (χ0) is 9.84. The maximum absolute atomic E-state index is 11.1. The Hall–Kier alpha value is -2.04. The van der Waals surface area contributed by atoms with Gasteiger partial charge in [0.1, 0.15) is 0 Å². The quantitative estimate of drug-likeness (QED) is 0.554. The summed E-state index contributed by atoms with van der Waals surface area (Å²) < 4.78 is 0. The molecule has 2 amide bonds. The monoisotopic (exact) mass is 180 g/mol. The van der Waals surface area contributed by atoms with E-state index in [-0.39, 0.29) is 5.56 Å². The Bertz CT molecular complexity index is 349. The predicted octanol–water partition coefficient (Wildman–Crippen LogP) is 0.677. The fourth-order valence-corrected chi connectivity index (χ4v) is 0.849. The molecule has 0 atom stereocenters. The SMILES string of the molecule is Nc1cccc(C(=O)NC(=O)O)c1. The van der Waals surface area contributed by atoms with E-state index in [4.69, 9.17) is 10.8 Å². The molecule has 13 heavy (non-hydrogen) atoms. The molecule has 1 aromatic rings. The van der Waals surface area contributed by atoms with E-state index in [1.165, 1.54) is 12.1 Å². The Morgan fingerprint density at radius 3 is 2.62 bits per heavy atom. The van der Waals surface area contributed by atoms with Crippen LogP contribution in [0.3, 0.4) is 0 Å². The zero-order valence-electron chi connectivity index (χ0n) is 6.65. The molecule has 0 bridgehead atoms. The van der Waals surface area contributed by atoms with Crippen molar-refractivity contribution in [1.82, 2.24) is 5.32 Å². The third-order valence-electron chi connectivity index (χ3n) is 1.37. The smallest absolute Gasteiger partial charge is 0.411 e. The van der Waals surface area contributed by atoms with Crippen LogP contribution < -0.4 is 11.1 Å². The van der Waals surface area contributed by atoms with Crippen molar-refractivity contribution in [2.45, 2.75) is 0 Å². The molecular weight excluding hydrogens is 172 g/mol. The van der Waals surface area contributed by atoms with Gasteiger partial charge in [-0.2, -0.15) is 0 Å². The van der Waals surface area contributed by atoms with Crippen molar-refractivity contribution >= 4 is 17.7 Å². The lowest BCUT2D eigenvalue weighted by atomic mass is 10.2. The normalized spacial score (nSPS) is 9.23. The minimum absolute atomic E-state index is 0.224. The molecule has 68 valence electrons. The molecule has 4 N–H and O–H groups in total. The van der Waals surface area contributed by atoms with Gasteiger partial charge in [-0.3, -0.25) is 10.1 Å². The van der Waals surface area contributed by atoms with Gasteiger partial charge in [-0.05, 0) is 18.2 Å². The summed E-state index contributed by atoms with van der Waals surface area (Å²) in [5, 5.41) is 9.96. The molecule has 5 nitrogen and oxygen atoms in total. The van der Waals surface area contributed by atoms with Crippen LogP contribution in [0.2, 0.25) is 0 Å². The van der Waals surface area contributed by atoms with Gasteiger partial charge in [0, 0.05) is 11.3 Å². The first-order chi connectivity index (χ1) is 6.09. The molecule has 0 saturated heterocycles. The second kappa shape index (κ2) is 3.57. The summed E-state index contributed by atoms with van der Waals surface area (Å²) in [6.45, 7) is 0. The van der Waals surface area contributed by atoms with Crippen molar-refractivity contribution in [1.29, 1.82) is 0 Å². The van der Waals surface area contributed by atoms with Crippen molar-refractivity contribution < 1.29 is 14.7 Å². The third-order valence-corrected chi connectivity index (χ3v) is 1.37. The highest BCUT2D eigenvalue weighted by molar-refractivity contribution is 6.02. The average Bonchev–Trinajstić information content (AvgIpc) is 2.03. The lowest BCUT2D eigenvalue weighted by Gasteiger charge is -2.00. The molecule has 1 rings (SSSR count). The van der Waals surface area contributed by atoms with Crippen LogP contribution in [0.15, 0.2) is 24.3 Å². The molecule has 0 fully saturated rings. The molecule has 0 aliphatic rings. The molecule has 0 saturated carbocycles. The molecule has 1 aromatic carbocycles. The molecule has 0 spiro atoms. The minimum atomic E-state index is -1.38. The van der Waals surface area contributed by atoms with Gasteiger partial charge >= 0.3 is 6.09 Å². The van der Waals surface area contributed by atoms with E-state index in [1.54, 1.807) is 17.4 Å². The van der Waals surface area contributed by atoms with Gasteiger partial charge in [-0.1, -0.05) is 6.07 Å². The number of carbonyl (C=O) groups excluding carboxylic acids is 1. The molecule has 0 unspecified atom stereocenters. The number of rotatable bonds is 1. The first kappa shape index (κ1) is 9.05. The summed E-state index contributed by atoms with van der Waals surface area (Å²) in [5.74, 6) is -0.681. The number of hydrogen-bond donors (Lipinski definition) is 3. The summed E-state index contributed by atoms with van der Waals surface area (Å²) in [6.07, 6.45) is -1.38. The number of amides is 2. The number of nitrogens with one attached hydrogen (secondary N) is 1. The van der Waals surface area contributed by atoms with Crippen LogP contribution in [-0.2, 0) is 0 Å². The van der Waals surface area contributed by atoms with Crippen LogP contribution in [0.1, 0.15) is 10.4 Å². The summed E-state index contributed by atoms with van der Waals surface area (Å²) in [4.78, 5) is 21.2. The summed E-state index contributed by atoms with van der Waals surface area (Å²) in [7, 11) is 0. The second-order valence-corrected chi connectivity index (χ2v) is 2.38. The van der Waals surface area contributed by atoms with Crippen LogP contribution in [0.4, 0.5) is 10.5 Å². The van der Waals surface area contributed by atoms with Crippen molar-refractivity contribution in [3.8, 4) is 0 Å². The molecule has 0 aromatic heterocycles. The van der Waals surface area contributed by atoms with Crippen LogP contribution in [0.5, 0.6) is 0 Å². The molecular formula is C8H8N2O3. The van der Waals surface area contributed by atoms with Gasteiger partial charge in [-0.25, -0.2) is 4.79 Å². The fourth-order valence-electron chi connectivity index (χ4n) is 0.849. The Morgan fingerprint density at radius 1 is 1.38 bits per heavy atom. The van der Waals surface area contributed by atoms with Crippen molar-refractivity contribution in [3.63, 3.8) is 0 Å². The maximum Gasteiger partial charge on any atom is 0.411 e.